The molecule has 1 aliphatic heterocycles. The quantitative estimate of drug-likeness (QED) is 0.696. The zero-order valence-corrected chi connectivity index (χ0v) is 16.9. The van der Waals surface area contributed by atoms with Gasteiger partial charge in [0, 0.05) is 18.2 Å². The molecular formula is C22H23N3O5. The summed E-state index contributed by atoms with van der Waals surface area (Å²) in [6.45, 7) is 0.346. The Balaban J connectivity index is 1.64. The Labute approximate surface area is 172 Å². The monoisotopic (exact) mass is 409 g/mol. The van der Waals surface area contributed by atoms with Gasteiger partial charge in [-0.15, -0.1) is 0 Å². The van der Waals surface area contributed by atoms with Gasteiger partial charge in [0.2, 0.25) is 5.91 Å². The van der Waals surface area contributed by atoms with Crippen LogP contribution in [0.25, 0.3) is 10.8 Å². The number of H-pyrrole nitrogens is 1. The van der Waals surface area contributed by atoms with Crippen LogP contribution in [0.3, 0.4) is 0 Å². The standard InChI is InChI=1S/C22H23N3O5/c1-29-14-9-10-17(19(12-14)30-2)18-8-5-11-24(18)20(26)13-25-22(28)16-7-4-3-6-15(16)21(27)23-25/h3-4,6-7,9-10,12,18H,5,8,11,13H2,1-2H3,(H,23,27)/t18-/m1/s1. The van der Waals surface area contributed by atoms with E-state index >= 15 is 0 Å². The zero-order valence-electron chi connectivity index (χ0n) is 16.9. The van der Waals surface area contributed by atoms with Crippen molar-refractivity contribution in [3.8, 4) is 11.5 Å². The van der Waals surface area contributed by atoms with Crippen LogP contribution in [0.15, 0.2) is 52.1 Å². The smallest absolute Gasteiger partial charge is 0.273 e. The normalized spacial score (nSPS) is 16.1. The second-order valence-corrected chi connectivity index (χ2v) is 7.23. The number of rotatable bonds is 5. The van der Waals surface area contributed by atoms with Crippen molar-refractivity contribution >= 4 is 16.7 Å². The fraction of sp³-hybridized carbons (Fsp3) is 0.318. The van der Waals surface area contributed by atoms with Gasteiger partial charge in [0.1, 0.15) is 18.0 Å². The molecule has 4 rings (SSSR count). The van der Waals surface area contributed by atoms with Crippen LogP contribution in [-0.2, 0) is 11.3 Å². The summed E-state index contributed by atoms with van der Waals surface area (Å²) in [5.41, 5.74) is 0.104. The van der Waals surface area contributed by atoms with E-state index in [-0.39, 0.29) is 18.5 Å². The summed E-state index contributed by atoms with van der Waals surface area (Å²) >= 11 is 0. The number of fused-ring (bicyclic) bond motifs is 1. The first-order chi connectivity index (χ1) is 14.5. The van der Waals surface area contributed by atoms with Crippen molar-refractivity contribution in [2.75, 3.05) is 20.8 Å². The van der Waals surface area contributed by atoms with Crippen molar-refractivity contribution in [2.45, 2.75) is 25.4 Å². The highest BCUT2D eigenvalue weighted by atomic mass is 16.5. The van der Waals surface area contributed by atoms with E-state index in [0.29, 0.717) is 28.8 Å². The third-order valence-electron chi connectivity index (χ3n) is 5.55. The maximum Gasteiger partial charge on any atom is 0.273 e. The third kappa shape index (κ3) is 3.45. The van der Waals surface area contributed by atoms with E-state index in [1.807, 2.05) is 12.1 Å². The minimum Gasteiger partial charge on any atom is -0.497 e. The Kier molecular flexibility index (Phi) is 5.31. The van der Waals surface area contributed by atoms with Crippen LogP contribution in [0.5, 0.6) is 11.5 Å². The molecule has 1 saturated heterocycles. The summed E-state index contributed by atoms with van der Waals surface area (Å²) < 4.78 is 11.9. The summed E-state index contributed by atoms with van der Waals surface area (Å²) in [6.07, 6.45) is 1.63. The highest BCUT2D eigenvalue weighted by molar-refractivity contribution is 5.81. The SMILES string of the molecule is COc1ccc([C@H]2CCCN2C(=O)Cn2[nH]c(=O)c3ccccc3c2=O)c(OC)c1. The lowest BCUT2D eigenvalue weighted by Gasteiger charge is -2.26. The molecule has 30 heavy (non-hydrogen) atoms. The van der Waals surface area contributed by atoms with Crippen LogP contribution in [0, 0.1) is 0 Å². The molecule has 0 radical (unpaired) electrons. The molecule has 1 aliphatic rings. The van der Waals surface area contributed by atoms with E-state index in [4.69, 9.17) is 9.47 Å². The summed E-state index contributed by atoms with van der Waals surface area (Å²) in [6, 6.07) is 11.9. The second kappa shape index (κ2) is 8.06. The zero-order chi connectivity index (χ0) is 21.3. The van der Waals surface area contributed by atoms with Crippen molar-refractivity contribution in [1.82, 2.24) is 14.7 Å². The highest BCUT2D eigenvalue weighted by Gasteiger charge is 2.32. The predicted molar refractivity (Wildman–Crippen MR) is 112 cm³/mol. The fourth-order valence-corrected chi connectivity index (χ4v) is 4.07. The molecule has 2 aromatic carbocycles. The van der Waals surface area contributed by atoms with Gasteiger partial charge >= 0.3 is 0 Å². The Morgan fingerprint density at radius 3 is 2.60 bits per heavy atom. The van der Waals surface area contributed by atoms with Gasteiger partial charge in [0.05, 0.1) is 31.0 Å². The van der Waals surface area contributed by atoms with Crippen LogP contribution in [0.2, 0.25) is 0 Å². The van der Waals surface area contributed by atoms with Crippen molar-refractivity contribution in [1.29, 1.82) is 0 Å². The van der Waals surface area contributed by atoms with Gasteiger partial charge in [0.15, 0.2) is 0 Å². The number of ether oxygens (including phenoxy) is 2. The Bertz CT molecular complexity index is 1210. The minimum absolute atomic E-state index is 0.166. The van der Waals surface area contributed by atoms with Gasteiger partial charge < -0.3 is 14.4 Å². The van der Waals surface area contributed by atoms with Gasteiger partial charge in [-0.3, -0.25) is 19.5 Å². The molecule has 3 aromatic rings. The molecule has 0 bridgehead atoms. The number of hydrogen-bond acceptors (Lipinski definition) is 5. The molecule has 1 fully saturated rings. The maximum absolute atomic E-state index is 13.1. The van der Waals surface area contributed by atoms with Crippen LogP contribution in [0.4, 0.5) is 0 Å². The summed E-state index contributed by atoms with van der Waals surface area (Å²) in [5.74, 6) is 1.09. The number of aromatic nitrogens is 2. The number of nitrogens with one attached hydrogen (secondary N) is 1. The number of carbonyl (C=O) groups is 1. The van der Waals surface area contributed by atoms with Gasteiger partial charge in [0.25, 0.3) is 11.1 Å². The lowest BCUT2D eigenvalue weighted by Crippen LogP contribution is -2.39. The Hall–Kier alpha value is -3.55. The van der Waals surface area contributed by atoms with E-state index in [9.17, 15) is 14.4 Å². The first-order valence-electron chi connectivity index (χ1n) is 9.76. The number of nitrogens with zero attached hydrogens (tertiary/aromatic N) is 2. The lowest BCUT2D eigenvalue weighted by molar-refractivity contribution is -0.133. The molecule has 0 saturated carbocycles. The van der Waals surface area contributed by atoms with Crippen molar-refractivity contribution in [3.05, 3.63) is 68.7 Å². The molecule has 1 atom stereocenters. The van der Waals surface area contributed by atoms with Crippen molar-refractivity contribution < 1.29 is 14.3 Å². The molecule has 1 N–H and O–H groups in total. The highest BCUT2D eigenvalue weighted by Crippen LogP contribution is 2.38. The average molecular weight is 409 g/mol. The van der Waals surface area contributed by atoms with Gasteiger partial charge in [-0.2, -0.15) is 0 Å². The number of amides is 1. The topological polar surface area (TPSA) is 93.6 Å². The number of methoxy groups -OCH3 is 2. The molecule has 1 aromatic heterocycles. The first-order valence-corrected chi connectivity index (χ1v) is 9.76. The Morgan fingerprint density at radius 2 is 1.87 bits per heavy atom. The van der Waals surface area contributed by atoms with E-state index in [0.717, 1.165) is 23.1 Å². The first kappa shape index (κ1) is 19.8. The average Bonchev–Trinajstić information content (AvgIpc) is 3.26. The molecular weight excluding hydrogens is 386 g/mol. The number of carbonyl (C=O) groups excluding carboxylic acids is 1. The number of likely N-dealkylation sites (tertiary alicyclic amines) is 1. The van der Waals surface area contributed by atoms with Crippen molar-refractivity contribution in [2.24, 2.45) is 0 Å². The number of aromatic amines is 1. The Morgan fingerprint density at radius 1 is 1.10 bits per heavy atom. The third-order valence-corrected chi connectivity index (χ3v) is 5.55. The molecule has 2 heterocycles. The van der Waals surface area contributed by atoms with Crippen LogP contribution in [-0.4, -0.2) is 41.4 Å². The largest absolute Gasteiger partial charge is 0.497 e. The van der Waals surface area contributed by atoms with Gasteiger partial charge in [-0.1, -0.05) is 12.1 Å². The molecule has 0 unspecified atom stereocenters. The van der Waals surface area contributed by atoms with E-state index in [2.05, 4.69) is 5.10 Å². The predicted octanol–water partition coefficient (Wildman–Crippen LogP) is 2.07. The van der Waals surface area contributed by atoms with Crippen LogP contribution < -0.4 is 20.6 Å². The van der Waals surface area contributed by atoms with E-state index < -0.39 is 11.1 Å². The summed E-state index contributed by atoms with van der Waals surface area (Å²) in [7, 11) is 3.17. The summed E-state index contributed by atoms with van der Waals surface area (Å²) in [5, 5.41) is 3.13. The number of benzene rings is 2. The molecule has 156 valence electrons. The van der Waals surface area contributed by atoms with E-state index in [1.54, 1.807) is 49.5 Å². The number of hydrogen-bond donors (Lipinski definition) is 1. The van der Waals surface area contributed by atoms with Gasteiger partial charge in [-0.05, 0) is 37.1 Å². The maximum atomic E-state index is 13.1. The second-order valence-electron chi connectivity index (χ2n) is 7.23. The van der Waals surface area contributed by atoms with Crippen LogP contribution >= 0.6 is 0 Å². The fourth-order valence-electron chi connectivity index (χ4n) is 4.07. The molecule has 0 aliphatic carbocycles. The molecule has 0 spiro atoms. The molecule has 8 heteroatoms. The molecule has 1 amide bonds. The van der Waals surface area contributed by atoms with Crippen LogP contribution in [0.1, 0.15) is 24.4 Å². The van der Waals surface area contributed by atoms with Gasteiger partial charge in [-0.25, -0.2) is 4.68 Å². The van der Waals surface area contributed by atoms with Crippen molar-refractivity contribution in [3.63, 3.8) is 0 Å². The summed E-state index contributed by atoms with van der Waals surface area (Å²) in [4.78, 5) is 39.9. The lowest BCUT2D eigenvalue weighted by atomic mass is 10.0. The van der Waals surface area contributed by atoms with E-state index in [1.165, 1.54) is 0 Å². The molecule has 8 nitrogen and oxygen atoms in total. The minimum atomic E-state index is -0.396.